The van der Waals surface area contributed by atoms with Gasteiger partial charge in [0.1, 0.15) is 12.4 Å². The normalized spacial score (nSPS) is 10.7. The number of benzene rings is 2. The van der Waals surface area contributed by atoms with Crippen LogP contribution in [0, 0.1) is 13.8 Å². The van der Waals surface area contributed by atoms with Crippen molar-refractivity contribution in [3.8, 4) is 5.75 Å². The third-order valence-electron chi connectivity index (χ3n) is 3.62. The maximum absolute atomic E-state index is 12.1. The number of hydrogen-bond acceptors (Lipinski definition) is 3. The summed E-state index contributed by atoms with van der Waals surface area (Å²) in [7, 11) is 1.91. The summed E-state index contributed by atoms with van der Waals surface area (Å²) in [4.78, 5) is 14.1. The molecule has 0 radical (unpaired) electrons. The Kier molecular flexibility index (Phi) is 6.82. The highest BCUT2D eigenvalue weighted by Gasteiger charge is 2.08. The standard InChI is InChI=1S/C19H23BrN2O2/c1-14-4-9-18(15(2)12-14)21-19(23)13-22(3)10-11-24-17-7-5-16(20)6-8-17/h4-9,12H,10-11,13H2,1-3H3,(H,21,23). The zero-order chi connectivity index (χ0) is 17.5. The van der Waals surface area contributed by atoms with Crippen molar-refractivity contribution in [3.05, 3.63) is 58.1 Å². The van der Waals surface area contributed by atoms with Gasteiger partial charge in [-0.3, -0.25) is 9.69 Å². The van der Waals surface area contributed by atoms with E-state index < -0.39 is 0 Å². The molecule has 1 N–H and O–H groups in total. The fourth-order valence-electron chi connectivity index (χ4n) is 2.32. The molecule has 2 rings (SSSR count). The van der Waals surface area contributed by atoms with E-state index in [2.05, 4.69) is 27.3 Å². The Bertz CT molecular complexity index is 686. The molecule has 0 aliphatic rings. The molecule has 0 unspecified atom stereocenters. The van der Waals surface area contributed by atoms with E-state index in [1.54, 1.807) is 0 Å². The first kappa shape index (κ1) is 18.5. The Balaban J connectivity index is 1.74. The molecule has 0 atom stereocenters. The van der Waals surface area contributed by atoms with Crippen LogP contribution in [0.2, 0.25) is 0 Å². The molecule has 0 spiro atoms. The summed E-state index contributed by atoms with van der Waals surface area (Å²) < 4.78 is 6.69. The van der Waals surface area contributed by atoms with E-state index in [-0.39, 0.29) is 5.91 Å². The van der Waals surface area contributed by atoms with Gasteiger partial charge in [0.05, 0.1) is 6.54 Å². The van der Waals surface area contributed by atoms with Gasteiger partial charge in [-0.1, -0.05) is 33.6 Å². The molecule has 0 aliphatic carbocycles. The van der Waals surface area contributed by atoms with E-state index in [0.717, 1.165) is 21.5 Å². The summed E-state index contributed by atoms with van der Waals surface area (Å²) in [5, 5.41) is 2.96. The number of carbonyl (C=O) groups is 1. The van der Waals surface area contributed by atoms with Crippen molar-refractivity contribution < 1.29 is 9.53 Å². The number of amides is 1. The summed E-state index contributed by atoms with van der Waals surface area (Å²) in [5.41, 5.74) is 3.13. The summed E-state index contributed by atoms with van der Waals surface area (Å²) in [6.45, 7) is 5.58. The SMILES string of the molecule is Cc1ccc(NC(=O)CN(C)CCOc2ccc(Br)cc2)c(C)c1. The van der Waals surface area contributed by atoms with Crippen LogP contribution in [-0.4, -0.2) is 37.6 Å². The van der Waals surface area contributed by atoms with Crippen LogP contribution in [-0.2, 0) is 4.79 Å². The predicted molar refractivity (Wildman–Crippen MR) is 102 cm³/mol. The molecule has 5 heteroatoms. The lowest BCUT2D eigenvalue weighted by atomic mass is 10.1. The number of rotatable bonds is 7. The van der Waals surface area contributed by atoms with E-state index in [4.69, 9.17) is 4.74 Å². The highest BCUT2D eigenvalue weighted by molar-refractivity contribution is 9.10. The van der Waals surface area contributed by atoms with Gasteiger partial charge in [-0.15, -0.1) is 0 Å². The quantitative estimate of drug-likeness (QED) is 0.776. The van der Waals surface area contributed by atoms with Crippen LogP contribution in [0.4, 0.5) is 5.69 Å². The molecule has 0 aliphatic heterocycles. The van der Waals surface area contributed by atoms with Crippen LogP contribution in [0.3, 0.4) is 0 Å². The third kappa shape index (κ3) is 5.98. The van der Waals surface area contributed by atoms with Crippen molar-refractivity contribution in [2.75, 3.05) is 32.1 Å². The van der Waals surface area contributed by atoms with Gasteiger partial charge in [0.2, 0.25) is 5.91 Å². The molecule has 0 aromatic heterocycles. The maximum atomic E-state index is 12.1. The molecule has 128 valence electrons. The van der Waals surface area contributed by atoms with Gasteiger partial charge in [-0.05, 0) is 56.8 Å². The number of aryl methyl sites for hydroxylation is 2. The minimum atomic E-state index is -0.0203. The Hall–Kier alpha value is -1.85. The Morgan fingerprint density at radius 3 is 2.54 bits per heavy atom. The first-order valence-electron chi connectivity index (χ1n) is 7.88. The predicted octanol–water partition coefficient (Wildman–Crippen LogP) is 4.02. The van der Waals surface area contributed by atoms with Crippen LogP contribution < -0.4 is 10.1 Å². The van der Waals surface area contributed by atoms with E-state index in [9.17, 15) is 4.79 Å². The van der Waals surface area contributed by atoms with Gasteiger partial charge in [-0.2, -0.15) is 0 Å². The number of anilines is 1. The summed E-state index contributed by atoms with van der Waals surface area (Å²) >= 11 is 3.39. The zero-order valence-corrected chi connectivity index (χ0v) is 15.9. The first-order valence-corrected chi connectivity index (χ1v) is 8.67. The molecule has 4 nitrogen and oxygen atoms in total. The highest BCUT2D eigenvalue weighted by atomic mass is 79.9. The Morgan fingerprint density at radius 2 is 1.88 bits per heavy atom. The van der Waals surface area contributed by atoms with Gasteiger partial charge in [0.25, 0.3) is 0 Å². The zero-order valence-electron chi connectivity index (χ0n) is 14.3. The summed E-state index contributed by atoms with van der Waals surface area (Å²) in [6, 6.07) is 13.7. The summed E-state index contributed by atoms with van der Waals surface area (Å²) in [6.07, 6.45) is 0. The van der Waals surface area contributed by atoms with Gasteiger partial charge >= 0.3 is 0 Å². The molecule has 24 heavy (non-hydrogen) atoms. The monoisotopic (exact) mass is 390 g/mol. The average Bonchev–Trinajstić information content (AvgIpc) is 2.52. The summed E-state index contributed by atoms with van der Waals surface area (Å²) in [5.74, 6) is 0.805. The fourth-order valence-corrected chi connectivity index (χ4v) is 2.58. The number of halogens is 1. The van der Waals surface area contributed by atoms with Crippen molar-refractivity contribution in [2.45, 2.75) is 13.8 Å². The van der Waals surface area contributed by atoms with Crippen molar-refractivity contribution in [1.29, 1.82) is 0 Å². The molecule has 2 aromatic rings. The van der Waals surface area contributed by atoms with E-state index in [0.29, 0.717) is 19.7 Å². The third-order valence-corrected chi connectivity index (χ3v) is 4.15. The lowest BCUT2D eigenvalue weighted by Gasteiger charge is -2.17. The van der Waals surface area contributed by atoms with E-state index in [1.165, 1.54) is 5.56 Å². The highest BCUT2D eigenvalue weighted by Crippen LogP contribution is 2.17. The second-order valence-corrected chi connectivity index (χ2v) is 6.82. The Morgan fingerprint density at radius 1 is 1.17 bits per heavy atom. The van der Waals surface area contributed by atoms with Crippen LogP contribution in [0.25, 0.3) is 0 Å². The lowest BCUT2D eigenvalue weighted by Crippen LogP contribution is -2.33. The van der Waals surface area contributed by atoms with Gasteiger partial charge in [0, 0.05) is 16.7 Å². The minimum Gasteiger partial charge on any atom is -0.492 e. The van der Waals surface area contributed by atoms with Gasteiger partial charge in [0.15, 0.2) is 0 Å². The molecule has 0 fully saturated rings. The smallest absolute Gasteiger partial charge is 0.238 e. The van der Waals surface area contributed by atoms with Crippen molar-refractivity contribution in [2.24, 2.45) is 0 Å². The number of nitrogens with zero attached hydrogens (tertiary/aromatic N) is 1. The number of hydrogen-bond donors (Lipinski definition) is 1. The fraction of sp³-hybridized carbons (Fsp3) is 0.316. The van der Waals surface area contributed by atoms with Gasteiger partial charge < -0.3 is 10.1 Å². The molecule has 0 saturated heterocycles. The second-order valence-electron chi connectivity index (χ2n) is 5.91. The average molecular weight is 391 g/mol. The van der Waals surface area contributed by atoms with Gasteiger partial charge in [-0.25, -0.2) is 0 Å². The van der Waals surface area contributed by atoms with Crippen molar-refractivity contribution >= 4 is 27.5 Å². The molecule has 0 saturated carbocycles. The van der Waals surface area contributed by atoms with Crippen molar-refractivity contribution in [1.82, 2.24) is 4.90 Å². The molecule has 2 aromatic carbocycles. The molecule has 1 amide bonds. The second kappa shape index (κ2) is 8.85. The minimum absolute atomic E-state index is 0.0203. The van der Waals surface area contributed by atoms with E-state index >= 15 is 0 Å². The van der Waals surface area contributed by atoms with E-state index in [1.807, 2.05) is 62.2 Å². The van der Waals surface area contributed by atoms with Crippen LogP contribution in [0.1, 0.15) is 11.1 Å². The van der Waals surface area contributed by atoms with Crippen molar-refractivity contribution in [3.63, 3.8) is 0 Å². The van der Waals surface area contributed by atoms with Crippen LogP contribution in [0.5, 0.6) is 5.75 Å². The van der Waals surface area contributed by atoms with Crippen LogP contribution >= 0.6 is 15.9 Å². The largest absolute Gasteiger partial charge is 0.492 e. The lowest BCUT2D eigenvalue weighted by molar-refractivity contribution is -0.117. The number of ether oxygens (including phenoxy) is 1. The Labute approximate surface area is 151 Å². The molecule has 0 heterocycles. The maximum Gasteiger partial charge on any atom is 0.238 e. The number of carbonyl (C=O) groups excluding carboxylic acids is 1. The number of likely N-dealkylation sites (N-methyl/N-ethyl adjacent to an activating group) is 1. The molecular formula is C19H23BrN2O2. The number of nitrogens with one attached hydrogen (secondary N) is 1. The van der Waals surface area contributed by atoms with Crippen LogP contribution in [0.15, 0.2) is 46.9 Å². The first-order chi connectivity index (χ1) is 11.4. The molecule has 0 bridgehead atoms. The molecular weight excluding hydrogens is 368 g/mol. The topological polar surface area (TPSA) is 41.6 Å².